The van der Waals surface area contributed by atoms with Crippen molar-refractivity contribution in [3.8, 4) is 0 Å². The van der Waals surface area contributed by atoms with E-state index in [1.54, 1.807) is 0 Å². The molecule has 3 nitrogen and oxygen atoms in total. The van der Waals surface area contributed by atoms with E-state index in [0.717, 1.165) is 25.9 Å². The summed E-state index contributed by atoms with van der Waals surface area (Å²) in [6, 6.07) is 0.626. The number of hydrogen-bond acceptors (Lipinski definition) is 2. The number of piperidine rings is 1. The van der Waals surface area contributed by atoms with Crippen LogP contribution >= 0.6 is 0 Å². The van der Waals surface area contributed by atoms with Crippen LogP contribution in [0.15, 0.2) is 0 Å². The Balaban J connectivity index is 2.12. The molecule has 0 saturated carbocycles. The Morgan fingerprint density at radius 1 is 1.22 bits per heavy atom. The van der Waals surface area contributed by atoms with E-state index in [1.807, 2.05) is 0 Å². The first-order chi connectivity index (χ1) is 8.65. The molecule has 1 heterocycles. The van der Waals surface area contributed by atoms with Gasteiger partial charge in [0.1, 0.15) is 0 Å². The summed E-state index contributed by atoms with van der Waals surface area (Å²) in [7, 11) is 0. The van der Waals surface area contributed by atoms with Crippen LogP contribution in [0, 0.1) is 5.92 Å². The van der Waals surface area contributed by atoms with Crippen LogP contribution < -0.4 is 0 Å². The molecule has 0 radical (unpaired) electrons. The van der Waals surface area contributed by atoms with Crippen LogP contribution in [-0.4, -0.2) is 35.1 Å². The van der Waals surface area contributed by atoms with Gasteiger partial charge in [-0.25, -0.2) is 0 Å². The van der Waals surface area contributed by atoms with Gasteiger partial charge in [0.2, 0.25) is 0 Å². The molecule has 1 unspecified atom stereocenters. The van der Waals surface area contributed by atoms with Crippen LogP contribution in [0.4, 0.5) is 0 Å². The third kappa shape index (κ3) is 5.38. The summed E-state index contributed by atoms with van der Waals surface area (Å²) in [5, 5.41) is 8.97. The van der Waals surface area contributed by atoms with Crippen molar-refractivity contribution < 1.29 is 9.90 Å². The molecule has 0 aromatic heterocycles. The molecule has 1 atom stereocenters. The average Bonchev–Trinajstić information content (AvgIpc) is 2.38. The van der Waals surface area contributed by atoms with Crippen molar-refractivity contribution in [1.82, 2.24) is 4.90 Å². The second-order valence-corrected chi connectivity index (χ2v) is 5.70. The lowest BCUT2D eigenvalue weighted by Gasteiger charge is -2.34. The SMILES string of the molecule is CCCCCCCC(C)N1CCC(C(=O)O)CC1. The van der Waals surface area contributed by atoms with Crippen molar-refractivity contribution in [2.45, 2.75) is 71.3 Å². The summed E-state index contributed by atoms with van der Waals surface area (Å²) >= 11 is 0. The molecular weight excluding hydrogens is 226 g/mol. The number of carboxylic acids is 1. The van der Waals surface area contributed by atoms with Gasteiger partial charge in [-0.3, -0.25) is 4.79 Å². The molecule has 0 aromatic carbocycles. The van der Waals surface area contributed by atoms with Gasteiger partial charge in [0.25, 0.3) is 0 Å². The Morgan fingerprint density at radius 2 is 1.83 bits per heavy atom. The lowest BCUT2D eigenvalue weighted by Crippen LogP contribution is -2.41. The third-order valence-electron chi connectivity index (χ3n) is 4.23. The number of likely N-dealkylation sites (tertiary alicyclic amines) is 1. The number of carbonyl (C=O) groups is 1. The maximum absolute atomic E-state index is 10.9. The van der Waals surface area contributed by atoms with E-state index in [1.165, 1.54) is 38.5 Å². The first kappa shape index (κ1) is 15.5. The zero-order valence-corrected chi connectivity index (χ0v) is 12.0. The molecule has 0 amide bonds. The summed E-state index contributed by atoms with van der Waals surface area (Å²) in [5.74, 6) is -0.708. The van der Waals surface area contributed by atoms with Crippen molar-refractivity contribution in [3.63, 3.8) is 0 Å². The van der Waals surface area contributed by atoms with Crippen molar-refractivity contribution >= 4 is 5.97 Å². The molecule has 1 N–H and O–H groups in total. The quantitative estimate of drug-likeness (QED) is 0.674. The highest BCUT2D eigenvalue weighted by Gasteiger charge is 2.26. The summed E-state index contributed by atoms with van der Waals surface area (Å²) < 4.78 is 0. The van der Waals surface area contributed by atoms with Gasteiger partial charge < -0.3 is 10.0 Å². The third-order valence-corrected chi connectivity index (χ3v) is 4.23. The highest BCUT2D eigenvalue weighted by molar-refractivity contribution is 5.70. The van der Waals surface area contributed by atoms with Crippen molar-refractivity contribution in [1.29, 1.82) is 0 Å². The molecular formula is C15H29NO2. The Labute approximate surface area is 112 Å². The van der Waals surface area contributed by atoms with Crippen molar-refractivity contribution in [2.24, 2.45) is 5.92 Å². The molecule has 106 valence electrons. The van der Waals surface area contributed by atoms with Crippen LogP contribution in [0.2, 0.25) is 0 Å². The standard InChI is InChI=1S/C15H29NO2/c1-3-4-5-6-7-8-13(2)16-11-9-14(10-12-16)15(17)18/h13-14H,3-12H2,1-2H3,(H,17,18). The number of carboxylic acid groups (broad SMARTS) is 1. The van der Waals surface area contributed by atoms with Crippen LogP contribution in [0.3, 0.4) is 0 Å². The Kier molecular flexibility index (Phi) is 7.33. The van der Waals surface area contributed by atoms with Crippen LogP contribution in [0.5, 0.6) is 0 Å². The Morgan fingerprint density at radius 3 is 2.39 bits per heavy atom. The molecule has 1 fully saturated rings. The molecule has 18 heavy (non-hydrogen) atoms. The van der Waals surface area contributed by atoms with Gasteiger partial charge in [0.05, 0.1) is 5.92 Å². The fraction of sp³-hybridized carbons (Fsp3) is 0.933. The van der Waals surface area contributed by atoms with Gasteiger partial charge in [-0.15, -0.1) is 0 Å². The van der Waals surface area contributed by atoms with Crippen molar-refractivity contribution in [3.05, 3.63) is 0 Å². The summed E-state index contributed by atoms with van der Waals surface area (Å²) in [6.07, 6.45) is 9.62. The molecule has 1 aliphatic heterocycles. The Bertz CT molecular complexity index is 235. The van der Waals surface area contributed by atoms with E-state index in [-0.39, 0.29) is 5.92 Å². The molecule has 1 aliphatic rings. The molecule has 3 heteroatoms. The highest BCUT2D eigenvalue weighted by atomic mass is 16.4. The lowest BCUT2D eigenvalue weighted by atomic mass is 9.95. The minimum Gasteiger partial charge on any atom is -0.481 e. The molecule has 0 bridgehead atoms. The summed E-state index contributed by atoms with van der Waals surface area (Å²) in [5.41, 5.74) is 0. The van der Waals surface area contributed by atoms with Crippen LogP contribution in [-0.2, 0) is 4.79 Å². The van der Waals surface area contributed by atoms with E-state index in [9.17, 15) is 4.79 Å². The molecule has 0 spiro atoms. The van der Waals surface area contributed by atoms with Gasteiger partial charge in [-0.1, -0.05) is 39.0 Å². The van der Waals surface area contributed by atoms with E-state index in [4.69, 9.17) is 5.11 Å². The summed E-state index contributed by atoms with van der Waals surface area (Å²) in [4.78, 5) is 13.4. The molecule has 0 aliphatic carbocycles. The number of hydrogen-bond donors (Lipinski definition) is 1. The predicted molar refractivity (Wildman–Crippen MR) is 74.8 cm³/mol. The second kappa shape index (κ2) is 8.52. The topological polar surface area (TPSA) is 40.5 Å². The molecule has 0 aromatic rings. The first-order valence-corrected chi connectivity index (χ1v) is 7.62. The van der Waals surface area contributed by atoms with Gasteiger partial charge in [0.15, 0.2) is 0 Å². The minimum atomic E-state index is -0.609. The van der Waals surface area contributed by atoms with Gasteiger partial charge in [-0.2, -0.15) is 0 Å². The maximum Gasteiger partial charge on any atom is 0.306 e. The summed E-state index contributed by atoms with van der Waals surface area (Å²) in [6.45, 7) is 6.47. The van der Waals surface area contributed by atoms with Gasteiger partial charge in [0, 0.05) is 6.04 Å². The average molecular weight is 255 g/mol. The number of aliphatic carboxylic acids is 1. The van der Waals surface area contributed by atoms with E-state index >= 15 is 0 Å². The monoisotopic (exact) mass is 255 g/mol. The molecule has 1 rings (SSSR count). The van der Waals surface area contributed by atoms with Gasteiger partial charge in [-0.05, 0) is 39.3 Å². The second-order valence-electron chi connectivity index (χ2n) is 5.70. The number of unbranched alkanes of at least 4 members (excludes halogenated alkanes) is 4. The Hall–Kier alpha value is -0.570. The first-order valence-electron chi connectivity index (χ1n) is 7.62. The predicted octanol–water partition coefficient (Wildman–Crippen LogP) is 3.53. The normalized spacial score (nSPS) is 19.9. The maximum atomic E-state index is 10.9. The minimum absolute atomic E-state index is 0.0991. The van der Waals surface area contributed by atoms with E-state index < -0.39 is 5.97 Å². The highest BCUT2D eigenvalue weighted by Crippen LogP contribution is 2.21. The van der Waals surface area contributed by atoms with Gasteiger partial charge >= 0.3 is 5.97 Å². The smallest absolute Gasteiger partial charge is 0.306 e. The van der Waals surface area contributed by atoms with Crippen LogP contribution in [0.25, 0.3) is 0 Å². The van der Waals surface area contributed by atoms with Crippen molar-refractivity contribution in [2.75, 3.05) is 13.1 Å². The number of nitrogens with zero attached hydrogens (tertiary/aromatic N) is 1. The van der Waals surface area contributed by atoms with E-state index in [2.05, 4.69) is 18.7 Å². The fourth-order valence-corrected chi connectivity index (χ4v) is 2.81. The number of rotatable bonds is 8. The lowest BCUT2D eigenvalue weighted by molar-refractivity contribution is -0.143. The largest absolute Gasteiger partial charge is 0.481 e. The zero-order valence-electron chi connectivity index (χ0n) is 12.0. The van der Waals surface area contributed by atoms with E-state index in [0.29, 0.717) is 6.04 Å². The zero-order chi connectivity index (χ0) is 13.4. The van der Waals surface area contributed by atoms with Crippen LogP contribution in [0.1, 0.15) is 65.2 Å². The molecule has 1 saturated heterocycles. The fourth-order valence-electron chi connectivity index (χ4n) is 2.81.